The highest BCUT2D eigenvalue weighted by molar-refractivity contribution is 5.67. The average Bonchev–Trinajstić information content (AvgIpc) is 2.41. The minimum absolute atomic E-state index is 0.349. The average molecular weight is 256 g/mol. The standard InChI is InChI=1S/C15H13FN2O/c1-10-7-13(5-3-11(10)9-17)18-14-6-4-12(16)8-15(14)19-2/h3-8,18H,1-2H3. The van der Waals surface area contributed by atoms with Crippen molar-refractivity contribution in [3.05, 3.63) is 53.3 Å². The molecule has 0 saturated heterocycles. The lowest BCUT2D eigenvalue weighted by Crippen LogP contribution is -1.96. The minimum atomic E-state index is -0.349. The second kappa shape index (κ2) is 5.40. The van der Waals surface area contributed by atoms with Gasteiger partial charge < -0.3 is 10.1 Å². The van der Waals surface area contributed by atoms with E-state index in [2.05, 4.69) is 11.4 Å². The number of rotatable bonds is 3. The van der Waals surface area contributed by atoms with Crippen molar-refractivity contribution in [2.24, 2.45) is 0 Å². The molecule has 0 saturated carbocycles. The topological polar surface area (TPSA) is 45.0 Å². The van der Waals surface area contributed by atoms with E-state index in [-0.39, 0.29) is 5.82 Å². The van der Waals surface area contributed by atoms with Gasteiger partial charge in [0.05, 0.1) is 24.4 Å². The molecule has 0 amide bonds. The van der Waals surface area contributed by atoms with E-state index in [0.717, 1.165) is 11.3 Å². The lowest BCUT2D eigenvalue weighted by molar-refractivity contribution is 0.413. The molecule has 0 aliphatic rings. The van der Waals surface area contributed by atoms with Crippen LogP contribution in [-0.4, -0.2) is 7.11 Å². The van der Waals surface area contributed by atoms with Crippen molar-refractivity contribution in [1.82, 2.24) is 0 Å². The SMILES string of the molecule is COc1cc(F)ccc1Nc1ccc(C#N)c(C)c1. The van der Waals surface area contributed by atoms with Gasteiger partial charge in [0, 0.05) is 11.8 Å². The van der Waals surface area contributed by atoms with E-state index in [1.807, 2.05) is 13.0 Å². The Bertz CT molecular complexity index is 647. The monoisotopic (exact) mass is 256 g/mol. The fraction of sp³-hybridized carbons (Fsp3) is 0.133. The van der Waals surface area contributed by atoms with E-state index < -0.39 is 0 Å². The third-order valence-corrected chi connectivity index (χ3v) is 2.79. The van der Waals surface area contributed by atoms with Crippen molar-refractivity contribution >= 4 is 11.4 Å². The number of methoxy groups -OCH3 is 1. The van der Waals surface area contributed by atoms with E-state index in [1.165, 1.54) is 19.2 Å². The second-order valence-corrected chi connectivity index (χ2v) is 4.11. The molecule has 0 atom stereocenters. The zero-order chi connectivity index (χ0) is 13.8. The van der Waals surface area contributed by atoms with Crippen LogP contribution < -0.4 is 10.1 Å². The van der Waals surface area contributed by atoms with Crippen LogP contribution in [0, 0.1) is 24.1 Å². The Morgan fingerprint density at radius 2 is 2.00 bits per heavy atom. The predicted molar refractivity (Wildman–Crippen MR) is 72.1 cm³/mol. The Morgan fingerprint density at radius 1 is 1.21 bits per heavy atom. The molecule has 19 heavy (non-hydrogen) atoms. The Balaban J connectivity index is 2.31. The summed E-state index contributed by atoms with van der Waals surface area (Å²) < 4.78 is 18.2. The zero-order valence-electron chi connectivity index (χ0n) is 10.7. The lowest BCUT2D eigenvalue weighted by Gasteiger charge is -2.12. The van der Waals surface area contributed by atoms with Gasteiger partial charge in [0.2, 0.25) is 0 Å². The highest BCUT2D eigenvalue weighted by Crippen LogP contribution is 2.28. The Hall–Kier alpha value is -2.54. The summed E-state index contributed by atoms with van der Waals surface area (Å²) in [5.74, 6) is 0.0837. The van der Waals surface area contributed by atoms with Crippen LogP contribution >= 0.6 is 0 Å². The molecule has 96 valence electrons. The molecule has 0 bridgehead atoms. The molecule has 0 spiro atoms. The minimum Gasteiger partial charge on any atom is -0.494 e. The molecule has 0 radical (unpaired) electrons. The predicted octanol–water partition coefficient (Wildman–Crippen LogP) is 3.76. The number of ether oxygens (including phenoxy) is 1. The Kier molecular flexibility index (Phi) is 3.67. The number of nitrogens with zero attached hydrogens (tertiary/aromatic N) is 1. The van der Waals surface area contributed by atoms with E-state index in [1.54, 1.807) is 18.2 Å². The maximum Gasteiger partial charge on any atom is 0.145 e. The van der Waals surface area contributed by atoms with Gasteiger partial charge >= 0.3 is 0 Å². The van der Waals surface area contributed by atoms with Gasteiger partial charge in [-0.25, -0.2) is 4.39 Å². The summed E-state index contributed by atoms with van der Waals surface area (Å²) >= 11 is 0. The number of nitrogens with one attached hydrogen (secondary N) is 1. The molecule has 0 aliphatic carbocycles. The molecule has 2 aromatic rings. The van der Waals surface area contributed by atoms with E-state index in [4.69, 9.17) is 10.00 Å². The van der Waals surface area contributed by atoms with Crippen molar-refractivity contribution in [1.29, 1.82) is 5.26 Å². The molecular weight excluding hydrogens is 243 g/mol. The van der Waals surface area contributed by atoms with Crippen molar-refractivity contribution < 1.29 is 9.13 Å². The number of halogens is 1. The number of benzene rings is 2. The normalized spacial score (nSPS) is 9.79. The summed E-state index contributed by atoms with van der Waals surface area (Å²) in [4.78, 5) is 0. The van der Waals surface area contributed by atoms with E-state index in [9.17, 15) is 4.39 Å². The number of hydrogen-bond donors (Lipinski definition) is 1. The summed E-state index contributed by atoms with van der Waals surface area (Å²) in [6.07, 6.45) is 0. The van der Waals surface area contributed by atoms with E-state index >= 15 is 0 Å². The molecule has 2 rings (SSSR count). The van der Waals surface area contributed by atoms with E-state index in [0.29, 0.717) is 17.0 Å². The molecule has 0 aromatic heterocycles. The van der Waals surface area contributed by atoms with Crippen molar-refractivity contribution in [3.63, 3.8) is 0 Å². The van der Waals surface area contributed by atoms with Crippen LogP contribution in [0.3, 0.4) is 0 Å². The molecule has 1 N–H and O–H groups in total. The zero-order valence-corrected chi connectivity index (χ0v) is 10.7. The fourth-order valence-corrected chi connectivity index (χ4v) is 1.79. The quantitative estimate of drug-likeness (QED) is 0.909. The first-order valence-electron chi connectivity index (χ1n) is 5.75. The van der Waals surface area contributed by atoms with Gasteiger partial charge in [-0.2, -0.15) is 5.26 Å². The van der Waals surface area contributed by atoms with Crippen LogP contribution in [0.15, 0.2) is 36.4 Å². The first-order chi connectivity index (χ1) is 9.13. The van der Waals surface area contributed by atoms with Gasteiger partial charge in [-0.3, -0.25) is 0 Å². The second-order valence-electron chi connectivity index (χ2n) is 4.11. The van der Waals surface area contributed by atoms with Gasteiger partial charge in [-0.05, 0) is 42.8 Å². The first-order valence-corrected chi connectivity index (χ1v) is 5.75. The largest absolute Gasteiger partial charge is 0.494 e. The summed E-state index contributed by atoms with van der Waals surface area (Å²) in [7, 11) is 1.49. The van der Waals surface area contributed by atoms with Crippen LogP contribution in [0.2, 0.25) is 0 Å². The molecule has 4 heteroatoms. The Morgan fingerprint density at radius 3 is 2.63 bits per heavy atom. The van der Waals surface area contributed by atoms with Crippen LogP contribution in [0.5, 0.6) is 5.75 Å². The van der Waals surface area contributed by atoms with Crippen LogP contribution in [0.1, 0.15) is 11.1 Å². The van der Waals surface area contributed by atoms with Gasteiger partial charge in [0.15, 0.2) is 0 Å². The number of hydrogen-bond acceptors (Lipinski definition) is 3. The summed E-state index contributed by atoms with van der Waals surface area (Å²) in [6.45, 7) is 1.87. The number of aryl methyl sites for hydroxylation is 1. The fourth-order valence-electron chi connectivity index (χ4n) is 1.79. The van der Waals surface area contributed by atoms with Crippen LogP contribution in [0.4, 0.5) is 15.8 Å². The molecular formula is C15H13FN2O. The van der Waals surface area contributed by atoms with Gasteiger partial charge in [-0.15, -0.1) is 0 Å². The van der Waals surface area contributed by atoms with Crippen LogP contribution in [-0.2, 0) is 0 Å². The number of anilines is 2. The molecule has 3 nitrogen and oxygen atoms in total. The molecule has 0 aliphatic heterocycles. The summed E-state index contributed by atoms with van der Waals surface area (Å²) in [5, 5.41) is 12.0. The van der Waals surface area contributed by atoms with Gasteiger partial charge in [-0.1, -0.05) is 0 Å². The molecule has 2 aromatic carbocycles. The molecule has 0 fully saturated rings. The third-order valence-electron chi connectivity index (χ3n) is 2.79. The first kappa shape index (κ1) is 12.9. The third kappa shape index (κ3) is 2.83. The molecule has 0 unspecified atom stereocenters. The van der Waals surface area contributed by atoms with Crippen molar-refractivity contribution in [2.45, 2.75) is 6.92 Å². The summed E-state index contributed by atoms with van der Waals surface area (Å²) in [6, 6.07) is 11.8. The van der Waals surface area contributed by atoms with Crippen molar-refractivity contribution in [3.8, 4) is 11.8 Å². The number of nitriles is 1. The highest BCUT2D eigenvalue weighted by Gasteiger charge is 2.06. The maximum atomic E-state index is 13.1. The van der Waals surface area contributed by atoms with Gasteiger partial charge in [0.25, 0.3) is 0 Å². The Labute approximate surface area is 111 Å². The maximum absolute atomic E-state index is 13.1. The summed E-state index contributed by atoms with van der Waals surface area (Å²) in [5.41, 5.74) is 3.01. The van der Waals surface area contributed by atoms with Crippen molar-refractivity contribution in [2.75, 3.05) is 12.4 Å². The van der Waals surface area contributed by atoms with Gasteiger partial charge in [0.1, 0.15) is 11.6 Å². The van der Waals surface area contributed by atoms with Crippen LogP contribution in [0.25, 0.3) is 0 Å². The highest BCUT2D eigenvalue weighted by atomic mass is 19.1. The smallest absolute Gasteiger partial charge is 0.145 e. The molecule has 0 heterocycles. The lowest BCUT2D eigenvalue weighted by atomic mass is 10.1.